The molecule has 0 radical (unpaired) electrons. The van der Waals surface area contributed by atoms with Gasteiger partial charge in [-0.3, -0.25) is 4.79 Å². The second kappa shape index (κ2) is 8.06. The van der Waals surface area contributed by atoms with Crippen LogP contribution in [0, 0.1) is 27.7 Å². The summed E-state index contributed by atoms with van der Waals surface area (Å²) in [4.78, 5) is 17.9. The Balaban J connectivity index is 1.48. The molecule has 3 heterocycles. The Hall–Kier alpha value is -4.19. The van der Waals surface area contributed by atoms with E-state index < -0.39 is 0 Å². The van der Waals surface area contributed by atoms with Gasteiger partial charge in [-0.2, -0.15) is 9.78 Å². The summed E-state index contributed by atoms with van der Waals surface area (Å²) in [6.07, 6.45) is 3.94. The number of pyridine rings is 1. The topological polar surface area (TPSA) is 64.7 Å². The van der Waals surface area contributed by atoms with Crippen molar-refractivity contribution in [1.82, 2.24) is 19.3 Å². The maximum atomic E-state index is 13.0. The molecule has 6 nitrogen and oxygen atoms in total. The van der Waals surface area contributed by atoms with Crippen LogP contribution >= 0.6 is 0 Å². The number of aromatic nitrogens is 4. The third-order valence-electron chi connectivity index (χ3n) is 5.76. The van der Waals surface area contributed by atoms with Crippen LogP contribution in [-0.4, -0.2) is 25.2 Å². The number of nitrogens with zero attached hydrogens (tertiary/aromatic N) is 4. The Morgan fingerprint density at radius 1 is 0.879 bits per heavy atom. The fourth-order valence-corrected chi connectivity index (χ4v) is 4.18. The highest BCUT2D eigenvalue weighted by molar-refractivity contribution is 6.04. The van der Waals surface area contributed by atoms with Crippen molar-refractivity contribution in [2.24, 2.45) is 0 Å². The summed E-state index contributed by atoms with van der Waals surface area (Å²) < 4.78 is 3.70. The molecule has 0 saturated heterocycles. The highest BCUT2D eigenvalue weighted by atomic mass is 16.1. The lowest BCUT2D eigenvalue weighted by atomic mass is 10.0. The quantitative estimate of drug-likeness (QED) is 0.394. The molecule has 0 aliphatic rings. The minimum absolute atomic E-state index is 0.195. The lowest BCUT2D eigenvalue weighted by Gasteiger charge is -2.12. The molecule has 0 saturated carbocycles. The van der Waals surface area contributed by atoms with Crippen molar-refractivity contribution in [3.63, 3.8) is 0 Å². The SMILES string of the molecule is Cc1cc(C)c2nc(-n3nc(C)cc3NC(=O)c3ccc(-n4cccc4)cc3)cc(C)c2c1. The number of anilines is 1. The third-order valence-corrected chi connectivity index (χ3v) is 5.76. The molecule has 1 amide bonds. The van der Waals surface area contributed by atoms with Crippen molar-refractivity contribution in [2.75, 3.05) is 5.32 Å². The molecule has 0 aliphatic carbocycles. The van der Waals surface area contributed by atoms with E-state index in [-0.39, 0.29) is 5.91 Å². The van der Waals surface area contributed by atoms with Gasteiger partial charge in [0.25, 0.3) is 5.91 Å². The molecule has 3 aromatic heterocycles. The van der Waals surface area contributed by atoms with Gasteiger partial charge >= 0.3 is 0 Å². The molecule has 0 bridgehead atoms. The van der Waals surface area contributed by atoms with Gasteiger partial charge < -0.3 is 9.88 Å². The van der Waals surface area contributed by atoms with E-state index in [4.69, 9.17) is 4.98 Å². The van der Waals surface area contributed by atoms with E-state index in [1.165, 1.54) is 5.56 Å². The normalized spacial score (nSPS) is 11.2. The summed E-state index contributed by atoms with van der Waals surface area (Å²) in [7, 11) is 0. The summed E-state index contributed by atoms with van der Waals surface area (Å²) in [5, 5.41) is 8.75. The minimum atomic E-state index is -0.195. The summed E-state index contributed by atoms with van der Waals surface area (Å²) in [6.45, 7) is 8.14. The van der Waals surface area contributed by atoms with Crippen LogP contribution in [0.5, 0.6) is 0 Å². The Labute approximate surface area is 192 Å². The van der Waals surface area contributed by atoms with Gasteiger partial charge in [0.15, 0.2) is 5.82 Å². The average molecular weight is 436 g/mol. The zero-order valence-corrected chi connectivity index (χ0v) is 19.1. The van der Waals surface area contributed by atoms with Gasteiger partial charge in [-0.15, -0.1) is 0 Å². The van der Waals surface area contributed by atoms with Crippen molar-refractivity contribution in [2.45, 2.75) is 27.7 Å². The van der Waals surface area contributed by atoms with Crippen molar-refractivity contribution in [3.8, 4) is 11.5 Å². The predicted octanol–water partition coefficient (Wildman–Crippen LogP) is 5.70. The Morgan fingerprint density at radius 2 is 1.61 bits per heavy atom. The van der Waals surface area contributed by atoms with Gasteiger partial charge in [0.05, 0.1) is 11.2 Å². The molecule has 2 aromatic carbocycles. The number of rotatable bonds is 4. The molecule has 33 heavy (non-hydrogen) atoms. The van der Waals surface area contributed by atoms with Crippen LogP contribution in [0.1, 0.15) is 32.7 Å². The summed E-state index contributed by atoms with van der Waals surface area (Å²) in [5.74, 6) is 1.07. The number of aryl methyl sites for hydroxylation is 4. The Bertz CT molecular complexity index is 1480. The number of hydrogen-bond donors (Lipinski definition) is 1. The first-order valence-corrected chi connectivity index (χ1v) is 10.9. The number of hydrogen-bond acceptors (Lipinski definition) is 3. The van der Waals surface area contributed by atoms with E-state index in [1.54, 1.807) is 4.68 Å². The molecule has 6 heteroatoms. The number of nitrogens with one attached hydrogen (secondary N) is 1. The zero-order valence-electron chi connectivity index (χ0n) is 19.1. The molecule has 5 aromatic rings. The molecule has 0 fully saturated rings. The number of benzene rings is 2. The number of carbonyl (C=O) groups excluding carboxylic acids is 1. The van der Waals surface area contributed by atoms with E-state index in [9.17, 15) is 4.79 Å². The fraction of sp³-hybridized carbons (Fsp3) is 0.148. The van der Waals surface area contributed by atoms with Crippen LogP contribution in [0.15, 0.2) is 73.1 Å². The van der Waals surface area contributed by atoms with Crippen molar-refractivity contribution in [3.05, 3.63) is 101 Å². The highest BCUT2D eigenvalue weighted by Gasteiger charge is 2.15. The van der Waals surface area contributed by atoms with E-state index >= 15 is 0 Å². The van der Waals surface area contributed by atoms with Gasteiger partial charge in [0, 0.05) is 35.1 Å². The number of amides is 1. The molecular formula is C27H25N5O. The first-order chi connectivity index (χ1) is 15.9. The van der Waals surface area contributed by atoms with Crippen LogP contribution in [0.2, 0.25) is 0 Å². The second-order valence-electron chi connectivity index (χ2n) is 8.45. The first kappa shape index (κ1) is 20.7. The smallest absolute Gasteiger partial charge is 0.256 e. The van der Waals surface area contributed by atoms with Crippen molar-refractivity contribution >= 4 is 22.6 Å². The van der Waals surface area contributed by atoms with Crippen LogP contribution in [-0.2, 0) is 0 Å². The van der Waals surface area contributed by atoms with E-state index in [2.05, 4.69) is 43.3 Å². The molecule has 164 valence electrons. The van der Waals surface area contributed by atoms with E-state index in [1.807, 2.05) is 72.4 Å². The standard InChI is InChI=1S/C27H25N5O/c1-17-13-19(3)26-23(14-17)18(2)15-24(28-26)32-25(16-20(4)30-32)29-27(33)21-7-9-22(10-8-21)31-11-5-6-12-31/h5-16H,1-4H3,(H,29,33). The summed E-state index contributed by atoms with van der Waals surface area (Å²) in [6, 6.07) is 19.6. The third kappa shape index (κ3) is 3.91. The maximum Gasteiger partial charge on any atom is 0.256 e. The summed E-state index contributed by atoms with van der Waals surface area (Å²) >= 11 is 0. The van der Waals surface area contributed by atoms with Crippen molar-refractivity contribution < 1.29 is 4.79 Å². The van der Waals surface area contributed by atoms with E-state index in [0.29, 0.717) is 17.2 Å². The van der Waals surface area contributed by atoms with Crippen molar-refractivity contribution in [1.29, 1.82) is 0 Å². The van der Waals surface area contributed by atoms with Gasteiger partial charge in [-0.1, -0.05) is 11.6 Å². The summed E-state index contributed by atoms with van der Waals surface area (Å²) in [5.41, 5.74) is 6.77. The average Bonchev–Trinajstić information content (AvgIpc) is 3.44. The predicted molar refractivity (Wildman–Crippen MR) is 132 cm³/mol. The zero-order chi connectivity index (χ0) is 23.1. The van der Waals surface area contributed by atoms with Crippen LogP contribution < -0.4 is 5.32 Å². The van der Waals surface area contributed by atoms with Crippen LogP contribution in [0.4, 0.5) is 5.82 Å². The maximum absolute atomic E-state index is 13.0. The lowest BCUT2D eigenvalue weighted by molar-refractivity contribution is 0.102. The monoisotopic (exact) mass is 435 g/mol. The van der Waals surface area contributed by atoms with Crippen LogP contribution in [0.3, 0.4) is 0 Å². The first-order valence-electron chi connectivity index (χ1n) is 10.9. The minimum Gasteiger partial charge on any atom is -0.324 e. The van der Waals surface area contributed by atoms with E-state index in [0.717, 1.165) is 33.4 Å². The van der Waals surface area contributed by atoms with Gasteiger partial charge in [0.2, 0.25) is 0 Å². The lowest BCUT2D eigenvalue weighted by Crippen LogP contribution is -2.16. The molecule has 0 atom stereocenters. The molecule has 0 spiro atoms. The van der Waals surface area contributed by atoms with Gasteiger partial charge in [-0.25, -0.2) is 4.98 Å². The molecule has 1 N–H and O–H groups in total. The van der Waals surface area contributed by atoms with Crippen LogP contribution in [0.25, 0.3) is 22.4 Å². The molecular weight excluding hydrogens is 410 g/mol. The van der Waals surface area contributed by atoms with Gasteiger partial charge in [-0.05, 0) is 87.4 Å². The molecule has 0 aliphatic heterocycles. The largest absolute Gasteiger partial charge is 0.324 e. The number of carbonyl (C=O) groups is 1. The number of fused-ring (bicyclic) bond motifs is 1. The Morgan fingerprint density at radius 3 is 2.33 bits per heavy atom. The highest BCUT2D eigenvalue weighted by Crippen LogP contribution is 2.26. The second-order valence-corrected chi connectivity index (χ2v) is 8.45. The van der Waals surface area contributed by atoms with Gasteiger partial charge in [0.1, 0.15) is 5.82 Å². The fourth-order valence-electron chi connectivity index (χ4n) is 4.18. The Kier molecular flexibility index (Phi) is 5.05. The molecule has 0 unspecified atom stereocenters. The molecule has 5 rings (SSSR count).